The van der Waals surface area contributed by atoms with Gasteiger partial charge in [0.2, 0.25) is 0 Å². The molecule has 0 bridgehead atoms. The van der Waals surface area contributed by atoms with E-state index < -0.39 is 11.5 Å². The summed E-state index contributed by atoms with van der Waals surface area (Å²) < 4.78 is 13.0. The first-order valence-corrected chi connectivity index (χ1v) is 8.38. The summed E-state index contributed by atoms with van der Waals surface area (Å²) in [7, 11) is 0. The van der Waals surface area contributed by atoms with Crippen molar-refractivity contribution < 1.29 is 14.3 Å². The Bertz CT molecular complexity index is 493. The highest BCUT2D eigenvalue weighted by atomic mass is 32.2. The van der Waals surface area contributed by atoms with E-state index in [0.717, 1.165) is 36.3 Å². The number of carboxylic acids is 1. The van der Waals surface area contributed by atoms with Crippen molar-refractivity contribution >= 4 is 17.7 Å². The molecule has 2 N–H and O–H groups in total. The van der Waals surface area contributed by atoms with Gasteiger partial charge >= 0.3 is 5.97 Å². The van der Waals surface area contributed by atoms with Crippen LogP contribution in [-0.4, -0.2) is 28.4 Å². The van der Waals surface area contributed by atoms with E-state index >= 15 is 0 Å². The number of hydrogen-bond donors (Lipinski definition) is 2. The number of unbranched alkanes of at least 4 members (excludes halogenated alkanes) is 1. The fourth-order valence-electron chi connectivity index (χ4n) is 2.25. The van der Waals surface area contributed by atoms with Gasteiger partial charge in [-0.2, -0.15) is 0 Å². The Kier molecular flexibility index (Phi) is 5.65. The topological polar surface area (TPSA) is 49.3 Å². The molecule has 1 atom stereocenters. The smallest absolute Gasteiger partial charge is 0.323 e. The highest BCUT2D eigenvalue weighted by Gasteiger charge is 2.37. The molecule has 3 nitrogen and oxygen atoms in total. The van der Waals surface area contributed by atoms with Crippen molar-refractivity contribution in [2.24, 2.45) is 0 Å². The van der Waals surface area contributed by atoms with Gasteiger partial charge in [-0.05, 0) is 56.6 Å². The van der Waals surface area contributed by atoms with Crippen molar-refractivity contribution in [3.63, 3.8) is 0 Å². The summed E-state index contributed by atoms with van der Waals surface area (Å²) in [6.45, 7) is 1.77. The van der Waals surface area contributed by atoms with Crippen molar-refractivity contribution in [1.29, 1.82) is 0 Å². The van der Waals surface area contributed by atoms with E-state index in [1.165, 1.54) is 12.1 Å². The van der Waals surface area contributed by atoms with Crippen molar-refractivity contribution in [3.05, 3.63) is 30.1 Å². The summed E-state index contributed by atoms with van der Waals surface area (Å²) in [5.74, 6) is -0.109. The summed E-state index contributed by atoms with van der Waals surface area (Å²) in [5, 5.41) is 12.6. The fourth-order valence-corrected chi connectivity index (χ4v) is 3.20. The predicted molar refractivity (Wildman–Crippen MR) is 83.2 cm³/mol. The first kappa shape index (κ1) is 16.3. The third-order valence-electron chi connectivity index (χ3n) is 3.71. The molecule has 1 saturated carbocycles. The number of carboxylic acid groups (broad SMARTS) is 1. The average molecular weight is 311 g/mol. The Balaban J connectivity index is 1.69. The first-order valence-electron chi connectivity index (χ1n) is 7.39. The highest BCUT2D eigenvalue weighted by Crippen LogP contribution is 2.26. The second-order valence-electron chi connectivity index (χ2n) is 5.82. The van der Waals surface area contributed by atoms with Gasteiger partial charge in [0.25, 0.3) is 0 Å². The fraction of sp³-hybridized carbons (Fsp3) is 0.562. The van der Waals surface area contributed by atoms with Crippen LogP contribution in [0.2, 0.25) is 0 Å². The number of benzene rings is 1. The Hall–Kier alpha value is -1.07. The minimum Gasteiger partial charge on any atom is -0.480 e. The third kappa shape index (κ3) is 5.32. The molecule has 0 saturated heterocycles. The molecule has 5 heteroatoms. The molecule has 0 spiro atoms. The standard InChI is InChI=1S/C16H22FNO2S/c1-16(15(19)20,18-13-7-8-13)9-2-3-10-21-14-6-4-5-12(17)11-14/h4-6,11,13,18H,2-3,7-10H2,1H3,(H,19,20). The lowest BCUT2D eigenvalue weighted by Crippen LogP contribution is -2.50. The lowest BCUT2D eigenvalue weighted by atomic mass is 9.95. The van der Waals surface area contributed by atoms with E-state index in [4.69, 9.17) is 0 Å². The minimum atomic E-state index is -0.815. The Morgan fingerprint density at radius 2 is 2.24 bits per heavy atom. The molecule has 1 aromatic carbocycles. The van der Waals surface area contributed by atoms with E-state index in [-0.39, 0.29) is 5.82 Å². The second-order valence-corrected chi connectivity index (χ2v) is 6.99. The number of carbonyl (C=O) groups is 1. The number of thioether (sulfide) groups is 1. The maximum atomic E-state index is 13.0. The quantitative estimate of drug-likeness (QED) is 0.539. The molecule has 0 aromatic heterocycles. The van der Waals surface area contributed by atoms with Crippen LogP contribution in [0.25, 0.3) is 0 Å². The lowest BCUT2D eigenvalue weighted by Gasteiger charge is -2.26. The maximum absolute atomic E-state index is 13.0. The van der Waals surface area contributed by atoms with Crippen LogP contribution in [-0.2, 0) is 4.79 Å². The summed E-state index contributed by atoms with van der Waals surface area (Å²) >= 11 is 1.61. The molecule has 0 amide bonds. The Morgan fingerprint density at radius 1 is 1.48 bits per heavy atom. The van der Waals surface area contributed by atoms with Crippen LogP contribution >= 0.6 is 11.8 Å². The summed E-state index contributed by atoms with van der Waals surface area (Å²) in [6.07, 6.45) is 4.57. The van der Waals surface area contributed by atoms with Crippen LogP contribution in [0.1, 0.15) is 39.0 Å². The molecule has 1 aliphatic carbocycles. The van der Waals surface area contributed by atoms with Crippen molar-refractivity contribution in [3.8, 4) is 0 Å². The van der Waals surface area contributed by atoms with Crippen LogP contribution in [0.5, 0.6) is 0 Å². The molecule has 1 aliphatic rings. The molecule has 1 unspecified atom stereocenters. The zero-order chi connectivity index (χ0) is 15.3. The SMILES string of the molecule is CC(CCCCSc1cccc(F)c1)(NC1CC1)C(=O)O. The van der Waals surface area contributed by atoms with Crippen LogP contribution in [0.4, 0.5) is 4.39 Å². The lowest BCUT2D eigenvalue weighted by molar-refractivity contribution is -0.144. The number of nitrogens with one attached hydrogen (secondary N) is 1. The molecular formula is C16H22FNO2S. The Labute approximate surface area is 129 Å². The molecular weight excluding hydrogens is 289 g/mol. The van der Waals surface area contributed by atoms with Gasteiger partial charge in [-0.1, -0.05) is 12.5 Å². The predicted octanol–water partition coefficient (Wildman–Crippen LogP) is 3.68. The molecule has 21 heavy (non-hydrogen) atoms. The van der Waals surface area contributed by atoms with Gasteiger partial charge in [0.1, 0.15) is 11.4 Å². The normalized spacial score (nSPS) is 17.4. The summed E-state index contributed by atoms with van der Waals surface area (Å²) in [5.41, 5.74) is -0.815. The van der Waals surface area contributed by atoms with Gasteiger partial charge in [0.15, 0.2) is 0 Å². The molecule has 1 aromatic rings. The first-order chi connectivity index (χ1) is 9.99. The number of rotatable bonds is 9. The molecule has 0 heterocycles. The molecule has 0 aliphatic heterocycles. The molecule has 116 valence electrons. The van der Waals surface area contributed by atoms with Gasteiger partial charge in [-0.15, -0.1) is 11.8 Å². The largest absolute Gasteiger partial charge is 0.480 e. The van der Waals surface area contributed by atoms with Crippen molar-refractivity contribution in [1.82, 2.24) is 5.32 Å². The zero-order valence-electron chi connectivity index (χ0n) is 12.3. The molecule has 2 rings (SSSR count). The van der Waals surface area contributed by atoms with Crippen molar-refractivity contribution in [2.45, 2.75) is 55.5 Å². The van der Waals surface area contributed by atoms with E-state index in [9.17, 15) is 14.3 Å². The second kappa shape index (κ2) is 7.27. The Morgan fingerprint density at radius 3 is 2.86 bits per heavy atom. The third-order valence-corrected chi connectivity index (χ3v) is 4.79. The van der Waals surface area contributed by atoms with Gasteiger partial charge in [-0.3, -0.25) is 10.1 Å². The van der Waals surface area contributed by atoms with E-state index in [1.807, 2.05) is 6.07 Å². The van der Waals surface area contributed by atoms with Crippen LogP contribution in [0.15, 0.2) is 29.2 Å². The van der Waals surface area contributed by atoms with Gasteiger partial charge < -0.3 is 5.11 Å². The number of aliphatic carboxylic acids is 1. The van der Waals surface area contributed by atoms with Gasteiger partial charge in [0.05, 0.1) is 0 Å². The minimum absolute atomic E-state index is 0.216. The monoisotopic (exact) mass is 311 g/mol. The number of halogens is 1. The average Bonchev–Trinajstić information content (AvgIpc) is 3.22. The summed E-state index contributed by atoms with van der Waals surface area (Å²) in [4.78, 5) is 12.3. The van der Waals surface area contributed by atoms with E-state index in [2.05, 4.69) is 5.32 Å². The van der Waals surface area contributed by atoms with Gasteiger partial charge in [-0.25, -0.2) is 4.39 Å². The van der Waals surface area contributed by atoms with Crippen LogP contribution in [0, 0.1) is 5.82 Å². The molecule has 1 fully saturated rings. The highest BCUT2D eigenvalue weighted by molar-refractivity contribution is 7.99. The van der Waals surface area contributed by atoms with E-state index in [0.29, 0.717) is 12.5 Å². The zero-order valence-corrected chi connectivity index (χ0v) is 13.1. The van der Waals surface area contributed by atoms with Crippen molar-refractivity contribution in [2.75, 3.05) is 5.75 Å². The van der Waals surface area contributed by atoms with Crippen LogP contribution < -0.4 is 5.32 Å². The van der Waals surface area contributed by atoms with E-state index in [1.54, 1.807) is 24.8 Å². The molecule has 0 radical (unpaired) electrons. The van der Waals surface area contributed by atoms with Gasteiger partial charge in [0, 0.05) is 10.9 Å². The summed E-state index contributed by atoms with van der Waals surface area (Å²) in [6, 6.07) is 6.95. The van der Waals surface area contributed by atoms with Crippen LogP contribution in [0.3, 0.4) is 0 Å². The maximum Gasteiger partial charge on any atom is 0.323 e. The number of hydrogen-bond acceptors (Lipinski definition) is 3.